The summed E-state index contributed by atoms with van der Waals surface area (Å²) in [5.41, 5.74) is 2.21. The van der Waals surface area contributed by atoms with Crippen molar-refractivity contribution in [3.63, 3.8) is 0 Å². The van der Waals surface area contributed by atoms with E-state index in [2.05, 4.69) is 10.3 Å². The van der Waals surface area contributed by atoms with Crippen molar-refractivity contribution in [1.82, 2.24) is 15.2 Å². The van der Waals surface area contributed by atoms with E-state index in [-0.39, 0.29) is 6.03 Å². The molecule has 0 atom stereocenters. The van der Waals surface area contributed by atoms with Crippen molar-refractivity contribution in [2.75, 3.05) is 20.7 Å². The average Bonchev–Trinajstić information content (AvgIpc) is 2.58. The number of aromatic nitrogens is 1. The fourth-order valence-electron chi connectivity index (χ4n) is 2.00. The standard InChI is InChI=1S/C17H21N3O2/c1-20(12-9-14-7-10-18-11-8-14)17(21)19-13-15-3-5-16(22-2)6-4-15/h3-8,10-11H,9,12-13H2,1-2H3,(H,19,21). The summed E-state index contributed by atoms with van der Waals surface area (Å²) < 4.78 is 5.11. The number of benzene rings is 1. The topological polar surface area (TPSA) is 54.5 Å². The number of rotatable bonds is 6. The van der Waals surface area contributed by atoms with Gasteiger partial charge in [-0.2, -0.15) is 0 Å². The van der Waals surface area contributed by atoms with Crippen LogP contribution in [0, 0.1) is 0 Å². The Kier molecular flexibility index (Phi) is 5.77. The van der Waals surface area contributed by atoms with E-state index in [9.17, 15) is 4.79 Å². The van der Waals surface area contributed by atoms with Crippen molar-refractivity contribution in [1.29, 1.82) is 0 Å². The Labute approximate surface area is 130 Å². The molecule has 1 aromatic heterocycles. The molecule has 5 nitrogen and oxygen atoms in total. The highest BCUT2D eigenvalue weighted by Crippen LogP contribution is 2.11. The normalized spacial score (nSPS) is 10.1. The second-order valence-corrected chi connectivity index (χ2v) is 5.03. The van der Waals surface area contributed by atoms with Crippen LogP contribution in [-0.4, -0.2) is 36.6 Å². The molecular weight excluding hydrogens is 278 g/mol. The number of ether oxygens (including phenoxy) is 1. The predicted molar refractivity (Wildman–Crippen MR) is 85.8 cm³/mol. The van der Waals surface area contributed by atoms with Gasteiger partial charge in [-0.3, -0.25) is 4.98 Å². The fraction of sp³-hybridized carbons (Fsp3) is 0.294. The van der Waals surface area contributed by atoms with E-state index in [1.807, 2.05) is 36.4 Å². The quantitative estimate of drug-likeness (QED) is 0.891. The first-order chi connectivity index (χ1) is 10.7. The van der Waals surface area contributed by atoms with Gasteiger partial charge in [-0.25, -0.2) is 4.79 Å². The third-order valence-electron chi connectivity index (χ3n) is 3.43. The molecule has 0 spiro atoms. The highest BCUT2D eigenvalue weighted by atomic mass is 16.5. The van der Waals surface area contributed by atoms with Crippen LogP contribution in [0.25, 0.3) is 0 Å². The van der Waals surface area contributed by atoms with Crippen molar-refractivity contribution in [2.24, 2.45) is 0 Å². The molecule has 0 aliphatic heterocycles. The summed E-state index contributed by atoms with van der Waals surface area (Å²) >= 11 is 0. The molecule has 0 aliphatic carbocycles. The van der Waals surface area contributed by atoms with E-state index < -0.39 is 0 Å². The minimum atomic E-state index is -0.0788. The predicted octanol–water partition coefficient (Wildman–Crippen LogP) is 2.47. The molecule has 116 valence electrons. The van der Waals surface area contributed by atoms with Gasteiger partial charge in [0, 0.05) is 32.5 Å². The molecule has 22 heavy (non-hydrogen) atoms. The molecule has 0 saturated carbocycles. The maximum Gasteiger partial charge on any atom is 0.317 e. The Morgan fingerprint density at radius 2 is 1.82 bits per heavy atom. The number of nitrogens with zero attached hydrogens (tertiary/aromatic N) is 2. The zero-order valence-corrected chi connectivity index (χ0v) is 13.0. The number of carbonyl (C=O) groups excluding carboxylic acids is 1. The highest BCUT2D eigenvalue weighted by molar-refractivity contribution is 5.73. The number of hydrogen-bond donors (Lipinski definition) is 1. The zero-order valence-electron chi connectivity index (χ0n) is 13.0. The van der Waals surface area contributed by atoms with Crippen LogP contribution in [0.4, 0.5) is 4.79 Å². The summed E-state index contributed by atoms with van der Waals surface area (Å²) in [6.07, 6.45) is 4.34. The van der Waals surface area contributed by atoms with Crippen molar-refractivity contribution in [2.45, 2.75) is 13.0 Å². The number of urea groups is 1. The Morgan fingerprint density at radius 3 is 2.45 bits per heavy atom. The van der Waals surface area contributed by atoms with E-state index in [1.165, 1.54) is 5.56 Å². The molecule has 2 rings (SSSR count). The van der Waals surface area contributed by atoms with Gasteiger partial charge in [-0.1, -0.05) is 12.1 Å². The first-order valence-electron chi connectivity index (χ1n) is 7.20. The number of pyridine rings is 1. The van der Waals surface area contributed by atoms with Gasteiger partial charge in [-0.15, -0.1) is 0 Å². The van der Waals surface area contributed by atoms with E-state index in [0.717, 1.165) is 17.7 Å². The van der Waals surface area contributed by atoms with Gasteiger partial charge < -0.3 is 15.0 Å². The maximum absolute atomic E-state index is 12.0. The minimum absolute atomic E-state index is 0.0788. The van der Waals surface area contributed by atoms with Crippen LogP contribution in [0.5, 0.6) is 5.75 Å². The lowest BCUT2D eigenvalue weighted by Gasteiger charge is -2.18. The van der Waals surface area contributed by atoms with Gasteiger partial charge in [0.2, 0.25) is 0 Å². The van der Waals surface area contributed by atoms with Crippen LogP contribution in [0.3, 0.4) is 0 Å². The summed E-state index contributed by atoms with van der Waals surface area (Å²) in [6.45, 7) is 1.17. The zero-order chi connectivity index (χ0) is 15.8. The monoisotopic (exact) mass is 299 g/mol. The van der Waals surface area contributed by atoms with Crippen LogP contribution < -0.4 is 10.1 Å². The molecule has 2 amide bonds. The molecule has 0 bridgehead atoms. The smallest absolute Gasteiger partial charge is 0.317 e. The lowest BCUT2D eigenvalue weighted by atomic mass is 10.2. The Bertz CT molecular complexity index is 585. The van der Waals surface area contributed by atoms with Crippen molar-refractivity contribution >= 4 is 6.03 Å². The lowest BCUT2D eigenvalue weighted by Crippen LogP contribution is -2.37. The van der Waals surface area contributed by atoms with Crippen LogP contribution in [0.1, 0.15) is 11.1 Å². The van der Waals surface area contributed by atoms with Gasteiger partial charge in [0.25, 0.3) is 0 Å². The first kappa shape index (κ1) is 15.8. The minimum Gasteiger partial charge on any atom is -0.497 e. The van der Waals surface area contributed by atoms with Crippen LogP contribution >= 0.6 is 0 Å². The molecule has 1 aromatic carbocycles. The van der Waals surface area contributed by atoms with Gasteiger partial charge in [0.15, 0.2) is 0 Å². The first-order valence-corrected chi connectivity index (χ1v) is 7.20. The second-order valence-electron chi connectivity index (χ2n) is 5.03. The molecule has 0 aliphatic rings. The average molecular weight is 299 g/mol. The summed E-state index contributed by atoms with van der Waals surface area (Å²) in [4.78, 5) is 17.7. The Hall–Kier alpha value is -2.56. The molecule has 5 heteroatoms. The van der Waals surface area contributed by atoms with Gasteiger partial charge in [-0.05, 0) is 41.8 Å². The summed E-state index contributed by atoms with van der Waals surface area (Å²) in [5, 5.41) is 2.91. The molecule has 2 aromatic rings. The number of amides is 2. The second kappa shape index (κ2) is 8.02. The van der Waals surface area contributed by atoms with Crippen LogP contribution in [0.15, 0.2) is 48.8 Å². The van der Waals surface area contributed by atoms with Gasteiger partial charge in [0.1, 0.15) is 5.75 Å². The molecular formula is C17H21N3O2. The number of hydrogen-bond acceptors (Lipinski definition) is 3. The number of nitrogens with one attached hydrogen (secondary N) is 1. The Morgan fingerprint density at radius 1 is 1.14 bits per heavy atom. The summed E-state index contributed by atoms with van der Waals surface area (Å²) in [5.74, 6) is 0.810. The van der Waals surface area contributed by atoms with Crippen molar-refractivity contribution < 1.29 is 9.53 Å². The third kappa shape index (κ3) is 4.77. The number of carbonyl (C=O) groups is 1. The van der Waals surface area contributed by atoms with Gasteiger partial charge >= 0.3 is 6.03 Å². The van der Waals surface area contributed by atoms with E-state index in [0.29, 0.717) is 13.1 Å². The number of methoxy groups -OCH3 is 1. The summed E-state index contributed by atoms with van der Waals surface area (Å²) in [6, 6.07) is 11.5. The van der Waals surface area contributed by atoms with E-state index in [4.69, 9.17) is 4.74 Å². The third-order valence-corrected chi connectivity index (χ3v) is 3.43. The molecule has 1 heterocycles. The number of likely N-dealkylation sites (N-methyl/N-ethyl adjacent to an activating group) is 1. The van der Waals surface area contributed by atoms with E-state index in [1.54, 1.807) is 31.5 Å². The highest BCUT2D eigenvalue weighted by Gasteiger charge is 2.08. The molecule has 1 N–H and O–H groups in total. The fourth-order valence-corrected chi connectivity index (χ4v) is 2.00. The molecule has 0 saturated heterocycles. The van der Waals surface area contributed by atoms with Crippen molar-refractivity contribution in [3.05, 3.63) is 59.9 Å². The van der Waals surface area contributed by atoms with Crippen molar-refractivity contribution in [3.8, 4) is 5.75 Å². The maximum atomic E-state index is 12.0. The lowest BCUT2D eigenvalue weighted by molar-refractivity contribution is 0.209. The van der Waals surface area contributed by atoms with Gasteiger partial charge in [0.05, 0.1) is 7.11 Å². The Balaban J connectivity index is 1.76. The summed E-state index contributed by atoms with van der Waals surface area (Å²) in [7, 11) is 3.43. The molecule has 0 fully saturated rings. The molecule has 0 unspecified atom stereocenters. The van der Waals surface area contributed by atoms with E-state index >= 15 is 0 Å². The largest absolute Gasteiger partial charge is 0.497 e. The molecule has 0 radical (unpaired) electrons. The van der Waals surface area contributed by atoms with Crippen LogP contribution in [0.2, 0.25) is 0 Å². The van der Waals surface area contributed by atoms with Crippen LogP contribution in [-0.2, 0) is 13.0 Å². The SMILES string of the molecule is COc1ccc(CNC(=O)N(C)CCc2ccncc2)cc1.